The number of fused-ring (bicyclic) bond motifs is 1. The third-order valence-electron chi connectivity index (χ3n) is 5.38. The number of nitrogens with zero attached hydrogens (tertiary/aromatic N) is 1. The van der Waals surface area contributed by atoms with Crippen molar-refractivity contribution in [1.29, 1.82) is 0 Å². The van der Waals surface area contributed by atoms with Crippen LogP contribution >= 0.6 is 0 Å². The van der Waals surface area contributed by atoms with Gasteiger partial charge in [-0.3, -0.25) is 0 Å². The van der Waals surface area contributed by atoms with Gasteiger partial charge in [-0.05, 0) is 53.7 Å². The topological polar surface area (TPSA) is 29.3 Å². The zero-order valence-electron chi connectivity index (χ0n) is 15.4. The van der Waals surface area contributed by atoms with Gasteiger partial charge in [-0.15, -0.1) is 0 Å². The van der Waals surface area contributed by atoms with Gasteiger partial charge in [0.25, 0.3) is 0 Å². The van der Waals surface area contributed by atoms with E-state index in [9.17, 15) is 13.2 Å². The minimum atomic E-state index is -4.53. The summed E-state index contributed by atoms with van der Waals surface area (Å²) in [5.74, 6) is 0. The van der Waals surface area contributed by atoms with Gasteiger partial charge in [-0.1, -0.05) is 49.0 Å². The molecule has 2 N–H and O–H groups in total. The van der Waals surface area contributed by atoms with Crippen LogP contribution in [-0.2, 0) is 19.4 Å². The van der Waals surface area contributed by atoms with Crippen molar-refractivity contribution in [1.82, 2.24) is 4.90 Å². The van der Waals surface area contributed by atoms with Gasteiger partial charge in [0.05, 0.1) is 17.0 Å². The van der Waals surface area contributed by atoms with Gasteiger partial charge < -0.3 is 10.6 Å². The Bertz CT molecular complexity index is 985. The summed E-state index contributed by atoms with van der Waals surface area (Å²) < 4.78 is 40.8. The van der Waals surface area contributed by atoms with Crippen molar-refractivity contribution in [2.45, 2.75) is 32.0 Å². The van der Waals surface area contributed by atoms with Crippen LogP contribution in [0.2, 0.25) is 0 Å². The van der Waals surface area contributed by atoms with Gasteiger partial charge in [0.2, 0.25) is 0 Å². The lowest BCUT2D eigenvalue weighted by Crippen LogP contribution is -2.31. The van der Waals surface area contributed by atoms with Gasteiger partial charge >= 0.3 is 6.18 Å². The summed E-state index contributed by atoms with van der Waals surface area (Å²) in [4.78, 5) is 1.77. The molecule has 144 valence electrons. The van der Waals surface area contributed by atoms with Crippen molar-refractivity contribution in [3.05, 3.63) is 100 Å². The van der Waals surface area contributed by atoms with Crippen LogP contribution in [0, 0.1) is 0 Å². The van der Waals surface area contributed by atoms with E-state index in [1.165, 1.54) is 11.1 Å². The van der Waals surface area contributed by atoms with Crippen LogP contribution in [0.25, 0.3) is 5.70 Å². The zero-order valence-corrected chi connectivity index (χ0v) is 15.4. The average Bonchev–Trinajstić information content (AvgIpc) is 3.13. The van der Waals surface area contributed by atoms with Crippen LogP contribution < -0.4 is 5.73 Å². The molecule has 5 heteroatoms. The summed E-state index contributed by atoms with van der Waals surface area (Å²) in [6.07, 6.45) is -0.313. The van der Waals surface area contributed by atoms with Crippen LogP contribution in [0.4, 0.5) is 13.2 Å². The van der Waals surface area contributed by atoms with E-state index in [1.54, 1.807) is 4.90 Å². The highest BCUT2D eigenvalue weighted by Crippen LogP contribution is 2.40. The minimum absolute atomic E-state index is 0.175. The molecule has 0 amide bonds. The molecular weight excluding hydrogens is 361 g/mol. The second kappa shape index (κ2) is 6.89. The number of allylic oxidation sites excluding steroid dienone is 2. The van der Waals surface area contributed by atoms with Crippen molar-refractivity contribution < 1.29 is 13.2 Å². The number of benzene rings is 2. The summed E-state index contributed by atoms with van der Waals surface area (Å²) in [7, 11) is 0. The molecule has 2 aromatic carbocycles. The summed E-state index contributed by atoms with van der Waals surface area (Å²) in [6, 6.07) is 15.5. The van der Waals surface area contributed by atoms with Crippen LogP contribution in [0.1, 0.15) is 28.7 Å². The second-order valence-electron chi connectivity index (χ2n) is 7.21. The fraction of sp³-hybridized carbons (Fsp3) is 0.217. The number of aryl methyl sites for hydroxylation is 2. The van der Waals surface area contributed by atoms with E-state index in [0.717, 1.165) is 36.5 Å². The molecule has 28 heavy (non-hydrogen) atoms. The number of hydrogen-bond acceptors (Lipinski definition) is 2. The highest BCUT2D eigenvalue weighted by atomic mass is 19.4. The fourth-order valence-corrected chi connectivity index (χ4v) is 3.89. The highest BCUT2D eigenvalue weighted by molar-refractivity contribution is 5.73. The van der Waals surface area contributed by atoms with E-state index in [4.69, 9.17) is 5.73 Å². The lowest BCUT2D eigenvalue weighted by molar-refractivity contribution is -0.0892. The van der Waals surface area contributed by atoms with Gasteiger partial charge in [0.1, 0.15) is 0 Å². The molecule has 2 nitrogen and oxygen atoms in total. The van der Waals surface area contributed by atoms with E-state index in [1.807, 2.05) is 48.5 Å². The maximum Gasteiger partial charge on any atom is 0.418 e. The molecule has 0 saturated heterocycles. The normalized spacial score (nSPS) is 17.0. The fourth-order valence-electron chi connectivity index (χ4n) is 3.89. The Hall–Kier alpha value is -2.95. The van der Waals surface area contributed by atoms with Crippen molar-refractivity contribution in [2.24, 2.45) is 5.73 Å². The van der Waals surface area contributed by atoms with Crippen molar-refractivity contribution in [3.8, 4) is 0 Å². The molecule has 0 radical (unpaired) electrons. The largest absolute Gasteiger partial charge is 0.418 e. The van der Waals surface area contributed by atoms with Crippen LogP contribution in [-0.4, -0.2) is 11.1 Å². The van der Waals surface area contributed by atoms with Crippen molar-refractivity contribution >= 4 is 5.70 Å². The monoisotopic (exact) mass is 382 g/mol. The maximum absolute atomic E-state index is 13.6. The van der Waals surface area contributed by atoms with E-state index in [2.05, 4.69) is 6.58 Å². The SMILES string of the molecule is C=C1C(N)=C(C(F)(F)F)C=C(c2ccc3c(c2)CCC3)N1Cc1ccccc1. The molecule has 0 unspecified atom stereocenters. The molecule has 1 aliphatic heterocycles. The third kappa shape index (κ3) is 3.33. The molecule has 0 spiro atoms. The Balaban J connectivity index is 1.82. The first-order chi connectivity index (χ1) is 13.3. The summed E-state index contributed by atoms with van der Waals surface area (Å²) >= 11 is 0. The molecule has 2 aromatic rings. The molecule has 0 atom stereocenters. The zero-order chi connectivity index (χ0) is 19.9. The smallest absolute Gasteiger partial charge is 0.397 e. The number of halogens is 3. The Morgan fingerprint density at radius 3 is 2.43 bits per heavy atom. The summed E-state index contributed by atoms with van der Waals surface area (Å²) in [5, 5.41) is 0. The third-order valence-corrected chi connectivity index (χ3v) is 5.38. The number of nitrogens with two attached hydrogens (primary N) is 1. The molecule has 0 bridgehead atoms. The molecular formula is C23H21F3N2. The summed E-state index contributed by atoms with van der Waals surface area (Å²) in [6.45, 7) is 4.28. The van der Waals surface area contributed by atoms with E-state index in [0.29, 0.717) is 12.2 Å². The van der Waals surface area contributed by atoms with Gasteiger partial charge in [0.15, 0.2) is 0 Å². The predicted molar refractivity (Wildman–Crippen MR) is 105 cm³/mol. The second-order valence-corrected chi connectivity index (χ2v) is 7.21. The highest BCUT2D eigenvalue weighted by Gasteiger charge is 2.39. The molecule has 0 saturated carbocycles. The molecule has 1 heterocycles. The predicted octanol–water partition coefficient (Wildman–Crippen LogP) is 5.32. The molecule has 0 fully saturated rings. The van der Waals surface area contributed by atoms with Crippen molar-refractivity contribution in [3.63, 3.8) is 0 Å². The first-order valence-electron chi connectivity index (χ1n) is 9.26. The molecule has 0 aromatic heterocycles. The van der Waals surface area contributed by atoms with Crippen LogP contribution in [0.3, 0.4) is 0 Å². The van der Waals surface area contributed by atoms with Crippen LogP contribution in [0.5, 0.6) is 0 Å². The Morgan fingerprint density at radius 1 is 1.00 bits per heavy atom. The Kier molecular flexibility index (Phi) is 4.53. The lowest BCUT2D eigenvalue weighted by atomic mass is 9.96. The average molecular weight is 382 g/mol. The van der Waals surface area contributed by atoms with Gasteiger partial charge in [0, 0.05) is 12.2 Å². The Morgan fingerprint density at radius 2 is 1.71 bits per heavy atom. The molecule has 4 rings (SSSR count). The maximum atomic E-state index is 13.6. The van der Waals surface area contributed by atoms with E-state index in [-0.39, 0.29) is 11.4 Å². The minimum Gasteiger partial charge on any atom is -0.397 e. The Labute approximate surface area is 162 Å². The number of rotatable bonds is 3. The molecule has 2 aliphatic rings. The van der Waals surface area contributed by atoms with Crippen molar-refractivity contribution in [2.75, 3.05) is 0 Å². The standard InChI is InChI=1S/C23H21F3N2/c1-15-22(27)20(23(24,25)26)13-21(28(15)14-16-6-3-2-4-7-16)19-11-10-17-8-5-9-18(17)12-19/h2-4,6-7,10-13H,1,5,8-9,14,27H2. The summed E-state index contributed by atoms with van der Waals surface area (Å²) in [5.41, 5.74) is 9.56. The van der Waals surface area contributed by atoms with Gasteiger partial charge in [-0.2, -0.15) is 13.2 Å². The van der Waals surface area contributed by atoms with E-state index >= 15 is 0 Å². The lowest BCUT2D eigenvalue weighted by Gasteiger charge is -2.34. The van der Waals surface area contributed by atoms with Crippen LogP contribution in [0.15, 0.2) is 78.2 Å². The van der Waals surface area contributed by atoms with Gasteiger partial charge in [-0.25, -0.2) is 0 Å². The quantitative estimate of drug-likeness (QED) is 0.778. The van der Waals surface area contributed by atoms with E-state index < -0.39 is 11.7 Å². The molecule has 1 aliphatic carbocycles. The number of hydrogen-bond donors (Lipinski definition) is 1. The number of alkyl halides is 3. The first-order valence-corrected chi connectivity index (χ1v) is 9.26. The first kappa shape index (κ1) is 18.4.